The second-order valence-corrected chi connectivity index (χ2v) is 5.75. The molecule has 1 saturated heterocycles. The van der Waals surface area contributed by atoms with Gasteiger partial charge in [-0.1, -0.05) is 19.3 Å². The maximum absolute atomic E-state index is 11.5. The fourth-order valence-electron chi connectivity index (χ4n) is 3.26. The first kappa shape index (κ1) is 12.9. The van der Waals surface area contributed by atoms with E-state index in [0.29, 0.717) is 18.5 Å². The predicted molar refractivity (Wildman–Crippen MR) is 69.8 cm³/mol. The van der Waals surface area contributed by atoms with Gasteiger partial charge in [0.05, 0.1) is 0 Å². The maximum atomic E-state index is 11.5. The van der Waals surface area contributed by atoms with Crippen LogP contribution < -0.4 is 10.6 Å². The third-order valence-corrected chi connectivity index (χ3v) is 4.34. The Morgan fingerprint density at radius 2 is 1.94 bits per heavy atom. The first-order valence-electron chi connectivity index (χ1n) is 7.28. The number of amides is 1. The van der Waals surface area contributed by atoms with Gasteiger partial charge in [0.15, 0.2) is 0 Å². The Morgan fingerprint density at radius 3 is 2.71 bits per heavy atom. The Bertz CT molecular complexity index is 249. The maximum Gasteiger partial charge on any atom is 0.221 e. The van der Waals surface area contributed by atoms with Crippen LogP contribution in [0, 0.1) is 5.92 Å². The summed E-state index contributed by atoms with van der Waals surface area (Å²) < 4.78 is 0. The second-order valence-electron chi connectivity index (χ2n) is 5.75. The molecule has 1 heterocycles. The molecule has 1 aliphatic heterocycles. The van der Waals surface area contributed by atoms with E-state index in [2.05, 4.69) is 17.6 Å². The second kappa shape index (κ2) is 6.39. The first-order valence-corrected chi connectivity index (χ1v) is 7.28. The van der Waals surface area contributed by atoms with E-state index in [1.54, 1.807) is 0 Å². The molecule has 2 unspecified atom stereocenters. The smallest absolute Gasteiger partial charge is 0.221 e. The molecule has 3 nitrogen and oxygen atoms in total. The Hall–Kier alpha value is -0.570. The molecule has 2 N–H and O–H groups in total. The minimum atomic E-state index is 0.218. The fourth-order valence-corrected chi connectivity index (χ4v) is 3.26. The standard InChI is InChI=1S/C14H26N2O/c1-11(12-6-3-2-4-7-12)16-13-8-5-9-15-14(17)10-13/h11-13,16H,2-10H2,1H3,(H,15,17). The van der Waals surface area contributed by atoms with Gasteiger partial charge in [0.25, 0.3) is 0 Å². The minimum Gasteiger partial charge on any atom is -0.356 e. The lowest BCUT2D eigenvalue weighted by Crippen LogP contribution is -2.42. The van der Waals surface area contributed by atoms with Gasteiger partial charge in [0.1, 0.15) is 0 Å². The summed E-state index contributed by atoms with van der Waals surface area (Å²) in [6.45, 7) is 3.16. The van der Waals surface area contributed by atoms with E-state index < -0.39 is 0 Å². The van der Waals surface area contributed by atoms with Gasteiger partial charge < -0.3 is 10.6 Å². The molecule has 2 aliphatic rings. The topological polar surface area (TPSA) is 41.1 Å². The number of carbonyl (C=O) groups excluding carboxylic acids is 1. The van der Waals surface area contributed by atoms with Gasteiger partial charge in [-0.15, -0.1) is 0 Å². The van der Waals surface area contributed by atoms with E-state index in [0.717, 1.165) is 25.3 Å². The number of carbonyl (C=O) groups is 1. The molecule has 0 aromatic heterocycles. The SMILES string of the molecule is CC(NC1CCCNC(=O)C1)C1CCCCC1. The van der Waals surface area contributed by atoms with E-state index in [-0.39, 0.29) is 5.91 Å². The zero-order valence-corrected chi connectivity index (χ0v) is 11.0. The molecule has 2 atom stereocenters. The molecule has 0 aromatic rings. The minimum absolute atomic E-state index is 0.218. The molecule has 1 saturated carbocycles. The van der Waals surface area contributed by atoms with E-state index in [1.807, 2.05) is 0 Å². The highest BCUT2D eigenvalue weighted by Gasteiger charge is 2.24. The van der Waals surface area contributed by atoms with Crippen molar-refractivity contribution in [3.63, 3.8) is 0 Å². The Morgan fingerprint density at radius 1 is 1.18 bits per heavy atom. The fraction of sp³-hybridized carbons (Fsp3) is 0.929. The summed E-state index contributed by atoms with van der Waals surface area (Å²) in [5.74, 6) is 1.05. The lowest BCUT2D eigenvalue weighted by Gasteiger charge is -2.31. The van der Waals surface area contributed by atoms with Gasteiger partial charge in [-0.2, -0.15) is 0 Å². The van der Waals surface area contributed by atoms with Crippen LogP contribution in [-0.2, 0) is 4.79 Å². The van der Waals surface area contributed by atoms with E-state index in [9.17, 15) is 4.79 Å². The Kier molecular flexibility index (Phi) is 4.84. The van der Waals surface area contributed by atoms with Crippen LogP contribution >= 0.6 is 0 Å². The van der Waals surface area contributed by atoms with Crippen molar-refractivity contribution in [3.05, 3.63) is 0 Å². The molecule has 2 fully saturated rings. The lowest BCUT2D eigenvalue weighted by atomic mass is 9.84. The quantitative estimate of drug-likeness (QED) is 0.791. The largest absolute Gasteiger partial charge is 0.356 e. The Labute approximate surface area is 105 Å². The van der Waals surface area contributed by atoms with Crippen LogP contribution in [0.15, 0.2) is 0 Å². The van der Waals surface area contributed by atoms with E-state index in [4.69, 9.17) is 0 Å². The molecule has 1 amide bonds. The summed E-state index contributed by atoms with van der Waals surface area (Å²) in [5, 5.41) is 6.65. The average molecular weight is 238 g/mol. The van der Waals surface area contributed by atoms with Crippen molar-refractivity contribution in [2.24, 2.45) is 5.92 Å². The van der Waals surface area contributed by atoms with Gasteiger partial charge >= 0.3 is 0 Å². The van der Waals surface area contributed by atoms with Crippen LogP contribution in [0.1, 0.15) is 58.3 Å². The van der Waals surface area contributed by atoms with Crippen LogP contribution in [-0.4, -0.2) is 24.5 Å². The van der Waals surface area contributed by atoms with Crippen LogP contribution in [0.2, 0.25) is 0 Å². The van der Waals surface area contributed by atoms with Crippen molar-refractivity contribution in [1.82, 2.24) is 10.6 Å². The predicted octanol–water partition coefficient (Wildman–Crippen LogP) is 2.21. The van der Waals surface area contributed by atoms with Crippen molar-refractivity contribution in [1.29, 1.82) is 0 Å². The lowest BCUT2D eigenvalue weighted by molar-refractivity contribution is -0.121. The van der Waals surface area contributed by atoms with Crippen LogP contribution in [0.25, 0.3) is 0 Å². The number of nitrogens with one attached hydrogen (secondary N) is 2. The summed E-state index contributed by atoms with van der Waals surface area (Å²) in [6, 6.07) is 0.973. The first-order chi connectivity index (χ1) is 8.25. The molecular weight excluding hydrogens is 212 g/mol. The summed E-state index contributed by atoms with van der Waals surface area (Å²) in [7, 11) is 0. The summed E-state index contributed by atoms with van der Waals surface area (Å²) in [6.07, 6.45) is 9.84. The van der Waals surface area contributed by atoms with Gasteiger partial charge in [0.2, 0.25) is 5.91 Å². The van der Waals surface area contributed by atoms with Crippen molar-refractivity contribution in [2.45, 2.75) is 70.4 Å². The summed E-state index contributed by atoms with van der Waals surface area (Å²) in [4.78, 5) is 11.5. The monoisotopic (exact) mass is 238 g/mol. The normalized spacial score (nSPS) is 29.5. The highest BCUT2D eigenvalue weighted by atomic mass is 16.1. The molecule has 2 rings (SSSR count). The van der Waals surface area contributed by atoms with Gasteiger partial charge in [-0.05, 0) is 38.5 Å². The van der Waals surface area contributed by atoms with Gasteiger partial charge in [-0.25, -0.2) is 0 Å². The molecule has 17 heavy (non-hydrogen) atoms. The van der Waals surface area contributed by atoms with Crippen molar-refractivity contribution >= 4 is 5.91 Å². The van der Waals surface area contributed by atoms with E-state index >= 15 is 0 Å². The van der Waals surface area contributed by atoms with Crippen LogP contribution in [0.3, 0.4) is 0 Å². The number of hydrogen-bond donors (Lipinski definition) is 2. The third kappa shape index (κ3) is 3.98. The zero-order chi connectivity index (χ0) is 12.1. The van der Waals surface area contributed by atoms with Crippen molar-refractivity contribution in [3.8, 4) is 0 Å². The molecule has 0 bridgehead atoms. The van der Waals surface area contributed by atoms with Gasteiger partial charge in [-0.3, -0.25) is 4.79 Å². The third-order valence-electron chi connectivity index (χ3n) is 4.34. The van der Waals surface area contributed by atoms with Gasteiger partial charge in [0, 0.05) is 25.0 Å². The highest BCUT2D eigenvalue weighted by molar-refractivity contribution is 5.76. The molecule has 0 radical (unpaired) electrons. The summed E-state index contributed by atoms with van der Waals surface area (Å²) in [5.41, 5.74) is 0. The van der Waals surface area contributed by atoms with E-state index in [1.165, 1.54) is 32.1 Å². The van der Waals surface area contributed by atoms with Crippen molar-refractivity contribution in [2.75, 3.05) is 6.54 Å². The number of hydrogen-bond acceptors (Lipinski definition) is 2. The average Bonchev–Trinajstić information content (AvgIpc) is 2.55. The molecule has 0 aromatic carbocycles. The van der Waals surface area contributed by atoms with Crippen LogP contribution in [0.4, 0.5) is 0 Å². The number of rotatable bonds is 3. The summed E-state index contributed by atoms with van der Waals surface area (Å²) >= 11 is 0. The molecule has 3 heteroatoms. The zero-order valence-electron chi connectivity index (χ0n) is 11.0. The molecule has 98 valence electrons. The highest BCUT2D eigenvalue weighted by Crippen LogP contribution is 2.26. The molecule has 0 spiro atoms. The van der Waals surface area contributed by atoms with Crippen LogP contribution in [0.5, 0.6) is 0 Å². The molecular formula is C14H26N2O. The van der Waals surface area contributed by atoms with Crippen molar-refractivity contribution < 1.29 is 4.79 Å². The molecule has 1 aliphatic carbocycles. The Balaban J connectivity index is 1.79.